The molecule has 0 N–H and O–H groups in total. The molecule has 0 saturated carbocycles. The maximum absolute atomic E-state index is 6.35. The molecule has 0 radical (unpaired) electrons. The summed E-state index contributed by atoms with van der Waals surface area (Å²) < 4.78 is 37.6. The lowest BCUT2D eigenvalue weighted by Gasteiger charge is -2.32. The lowest BCUT2D eigenvalue weighted by Crippen LogP contribution is -2.41. The first-order valence-corrected chi connectivity index (χ1v) is 38.5. The van der Waals surface area contributed by atoms with Crippen LogP contribution in [0.25, 0.3) is 44.5 Å². The van der Waals surface area contributed by atoms with E-state index in [9.17, 15) is 0 Å². The van der Waals surface area contributed by atoms with Crippen LogP contribution in [0.3, 0.4) is 0 Å². The summed E-state index contributed by atoms with van der Waals surface area (Å²) in [7, 11) is -1.35. The molecule has 10 aromatic rings. The van der Waals surface area contributed by atoms with Crippen LogP contribution in [-0.2, 0) is 49.6 Å². The third-order valence-corrected chi connectivity index (χ3v) is 22.9. The van der Waals surface area contributed by atoms with Crippen molar-refractivity contribution in [3.63, 3.8) is 0 Å². The average Bonchev–Trinajstić information content (AvgIpc) is 1.59. The quantitative estimate of drug-likeness (QED) is 0.112. The fourth-order valence-electron chi connectivity index (χ4n) is 13.1. The molecule has 0 aromatic heterocycles. The second-order valence-corrected chi connectivity index (χ2v) is 37.0. The van der Waals surface area contributed by atoms with Crippen molar-refractivity contribution in [1.29, 1.82) is 0 Å². The van der Waals surface area contributed by atoms with Gasteiger partial charge in [-0.25, -0.2) is 0 Å². The number of benzene rings is 10. The second-order valence-electron chi connectivity index (χ2n) is 36.1. The average molecular weight is 1480 g/mol. The SMILES string of the molecule is CC(C)(C)c1ccc(-c2ccc(N(c3ccc(B4OC(C)(C)C(C)(C)O4)cc3)c3ccc(-c4ccc(C(C)(C)C)cc4)cc3)cc2)cc1.CC(C)(C)c1ccc(-c2ccc(N(c3ccc(Br)cc3)c3ccc(-c4ccc(C(C)(C)C)cc4)cc3)cc2)cc1.CC1(C)OB(B2OC(C)(C)C(C)(C)O2)OC1(C)C. The molecule has 13 rings (SSSR count). The molecule has 0 aliphatic carbocycles. The Hall–Kier alpha value is -7.77. The molecule has 0 unspecified atom stereocenters. The van der Waals surface area contributed by atoms with Gasteiger partial charge in [0, 0.05) is 38.6 Å². The van der Waals surface area contributed by atoms with E-state index in [-0.39, 0.29) is 55.3 Å². The van der Waals surface area contributed by atoms with E-state index in [4.69, 9.17) is 27.9 Å². The zero-order valence-corrected chi connectivity index (χ0v) is 69.1. The van der Waals surface area contributed by atoms with Crippen LogP contribution in [0.5, 0.6) is 0 Å². The van der Waals surface area contributed by atoms with Crippen LogP contribution in [0.2, 0.25) is 0 Å². The number of hydrogen-bond acceptors (Lipinski definition) is 8. The maximum atomic E-state index is 6.35. The third kappa shape index (κ3) is 17.8. The molecule has 0 bridgehead atoms. The molecule has 3 aliphatic heterocycles. The number of anilines is 6. The summed E-state index contributed by atoms with van der Waals surface area (Å²) in [4.78, 5) is 4.62. The van der Waals surface area contributed by atoms with Crippen LogP contribution < -0.4 is 15.3 Å². The van der Waals surface area contributed by atoms with Crippen molar-refractivity contribution >= 4 is 76.7 Å². The molecule has 0 atom stereocenters. The van der Waals surface area contributed by atoms with Crippen LogP contribution >= 0.6 is 15.9 Å². The first-order valence-electron chi connectivity index (χ1n) is 37.8. The smallest absolute Gasteiger partial charge is 0.405 e. The highest BCUT2D eigenvalue weighted by atomic mass is 79.9. The van der Waals surface area contributed by atoms with Crippen molar-refractivity contribution in [2.75, 3.05) is 9.80 Å². The lowest BCUT2D eigenvalue weighted by molar-refractivity contribution is 0.00578. The van der Waals surface area contributed by atoms with Crippen LogP contribution in [-0.4, -0.2) is 54.7 Å². The van der Waals surface area contributed by atoms with Crippen LogP contribution in [0.1, 0.15) is 188 Å². The molecular weight excluding hydrogens is 1370 g/mol. The summed E-state index contributed by atoms with van der Waals surface area (Å²) in [5.41, 5.74) is 21.1. The van der Waals surface area contributed by atoms with Crippen molar-refractivity contribution in [3.8, 4) is 44.5 Å². The highest BCUT2D eigenvalue weighted by Gasteiger charge is 2.64. The van der Waals surface area contributed by atoms with Gasteiger partial charge in [0.1, 0.15) is 0 Å². The van der Waals surface area contributed by atoms with Gasteiger partial charge < -0.3 is 37.7 Å². The standard InChI is InChI=1S/C44H50BNO2.C38H38BrN.C12H24B2O4/c1-41(2,3)35-19-11-31(12-20-35)33-15-25-38(26-16-33)46(40-29-23-37(24-30-40)45-47-43(7,8)44(9,10)48-45)39-27-17-34(18-28-39)32-13-21-36(22-14-32)42(4,5)6;1-37(2,3)31-15-7-27(8-16-31)29-11-21-34(22-12-29)40(36-25-19-33(39)20-26-36)35-23-13-30(14-24-35)28-9-17-32(18-10-28)38(4,5)6;1-9(2)10(3,4)16-13(15-9)14-17-11(5,6)12(7,8)18-14/h11-30H,1-10H3;7-26H,1-6H3;1-8H3. The summed E-state index contributed by atoms with van der Waals surface area (Å²) in [6.45, 7) is 51.6. The van der Waals surface area contributed by atoms with Gasteiger partial charge >= 0.3 is 21.1 Å². The first-order chi connectivity index (χ1) is 49.4. The van der Waals surface area contributed by atoms with Gasteiger partial charge in [-0.1, -0.05) is 257 Å². The van der Waals surface area contributed by atoms with Gasteiger partial charge in [-0.3, -0.25) is 0 Å². The third-order valence-electron chi connectivity index (χ3n) is 22.4. The van der Waals surface area contributed by atoms with Crippen LogP contribution in [0.15, 0.2) is 247 Å². The van der Waals surface area contributed by atoms with Gasteiger partial charge in [-0.05, 0) is 262 Å². The molecule has 550 valence electrons. The maximum Gasteiger partial charge on any atom is 0.494 e. The monoisotopic (exact) mass is 1480 g/mol. The Morgan fingerprint density at radius 1 is 0.226 bits per heavy atom. The van der Waals surface area contributed by atoms with E-state index >= 15 is 0 Å². The number of halogens is 1. The fourth-order valence-corrected chi connectivity index (χ4v) is 13.4. The molecule has 106 heavy (non-hydrogen) atoms. The Morgan fingerprint density at radius 3 is 0.575 bits per heavy atom. The number of rotatable bonds is 12. The van der Waals surface area contributed by atoms with Gasteiger partial charge in [0.2, 0.25) is 0 Å². The zero-order valence-electron chi connectivity index (χ0n) is 67.5. The molecule has 8 nitrogen and oxygen atoms in total. The number of hydrogen-bond donors (Lipinski definition) is 0. The van der Waals surface area contributed by atoms with Crippen molar-refractivity contribution in [1.82, 2.24) is 0 Å². The second kappa shape index (κ2) is 30.0. The summed E-state index contributed by atoms with van der Waals surface area (Å²) in [6.07, 6.45) is 0. The molecule has 3 aliphatic rings. The minimum atomic E-state index is -0.476. The van der Waals surface area contributed by atoms with Gasteiger partial charge in [-0.15, -0.1) is 0 Å². The summed E-state index contributed by atoms with van der Waals surface area (Å²) in [5.74, 6) is 0. The summed E-state index contributed by atoms with van der Waals surface area (Å²) in [6, 6.07) is 88.4. The highest BCUT2D eigenvalue weighted by Crippen LogP contribution is 2.45. The lowest BCUT2D eigenvalue weighted by atomic mass is 9.49. The van der Waals surface area contributed by atoms with E-state index in [1.165, 1.54) is 66.8 Å². The molecular formula is C94H112B3BrN2O6. The molecule has 10 aromatic carbocycles. The molecule has 3 heterocycles. The van der Waals surface area contributed by atoms with Crippen molar-refractivity contribution in [2.45, 2.75) is 221 Å². The van der Waals surface area contributed by atoms with Crippen LogP contribution in [0, 0.1) is 0 Å². The van der Waals surface area contributed by atoms with E-state index in [2.05, 4.69) is 379 Å². The highest BCUT2D eigenvalue weighted by molar-refractivity contribution is 9.10. The Balaban J connectivity index is 0.000000174. The zero-order chi connectivity index (χ0) is 77.0. The summed E-state index contributed by atoms with van der Waals surface area (Å²) >= 11 is 3.59. The minimum Gasteiger partial charge on any atom is -0.405 e. The molecule has 3 saturated heterocycles. The molecule has 0 amide bonds. The van der Waals surface area contributed by atoms with E-state index in [1.807, 2.05) is 55.4 Å². The molecule has 12 heteroatoms. The van der Waals surface area contributed by atoms with Gasteiger partial charge in [-0.2, -0.15) is 0 Å². The predicted octanol–water partition coefficient (Wildman–Crippen LogP) is 25.5. The van der Waals surface area contributed by atoms with E-state index in [0.717, 1.165) is 44.1 Å². The topological polar surface area (TPSA) is 61.9 Å². The van der Waals surface area contributed by atoms with Crippen LogP contribution in [0.4, 0.5) is 34.1 Å². The molecule has 0 spiro atoms. The first kappa shape index (κ1) is 79.3. The Morgan fingerprint density at radius 2 is 0.387 bits per heavy atom. The normalized spacial score (nSPS) is 17.1. The number of nitrogens with zero attached hydrogens (tertiary/aromatic N) is 2. The molecule has 3 fully saturated rings. The van der Waals surface area contributed by atoms with E-state index < -0.39 is 21.1 Å². The van der Waals surface area contributed by atoms with E-state index in [0.29, 0.717) is 0 Å². The summed E-state index contributed by atoms with van der Waals surface area (Å²) in [5, 5.41) is 0. The van der Waals surface area contributed by atoms with E-state index in [1.54, 1.807) is 0 Å². The minimum absolute atomic E-state index is 0.131. The van der Waals surface area contributed by atoms with Gasteiger partial charge in [0.05, 0.1) is 33.6 Å². The van der Waals surface area contributed by atoms with Crippen molar-refractivity contribution < 1.29 is 27.9 Å². The Labute approximate surface area is 645 Å². The van der Waals surface area contributed by atoms with Gasteiger partial charge in [0.25, 0.3) is 0 Å². The predicted molar refractivity (Wildman–Crippen MR) is 454 cm³/mol. The Kier molecular flexibility index (Phi) is 22.4. The largest absolute Gasteiger partial charge is 0.494 e. The van der Waals surface area contributed by atoms with Crippen molar-refractivity contribution in [2.24, 2.45) is 0 Å². The Bertz CT molecular complexity index is 4300. The fraction of sp³-hybridized carbons (Fsp3) is 0.362. The van der Waals surface area contributed by atoms with Crippen molar-refractivity contribution in [3.05, 3.63) is 269 Å². The van der Waals surface area contributed by atoms with Gasteiger partial charge in [0.15, 0.2) is 0 Å².